The quantitative estimate of drug-likeness (QED) is 0.388. The Morgan fingerprint density at radius 1 is 0.971 bits per heavy atom. The second-order valence-corrected chi connectivity index (χ2v) is 8.34. The van der Waals surface area contributed by atoms with Crippen molar-refractivity contribution in [2.24, 2.45) is 0 Å². The number of ether oxygens (including phenoxy) is 2. The van der Waals surface area contributed by atoms with Gasteiger partial charge in [0.25, 0.3) is 5.91 Å². The maximum absolute atomic E-state index is 13.6. The second-order valence-electron chi connectivity index (χ2n) is 7.91. The van der Waals surface area contributed by atoms with E-state index in [2.05, 4.69) is 0 Å². The summed E-state index contributed by atoms with van der Waals surface area (Å²) >= 11 is 6.08. The van der Waals surface area contributed by atoms with Crippen LogP contribution in [0.25, 0.3) is 11.0 Å². The molecule has 0 radical (unpaired) electrons. The fourth-order valence-electron chi connectivity index (χ4n) is 4.33. The molecule has 168 valence electrons. The molecule has 3 heterocycles. The molecule has 1 atom stereocenters. The molecule has 1 aromatic heterocycles. The third-order valence-electron chi connectivity index (χ3n) is 5.92. The van der Waals surface area contributed by atoms with Crippen LogP contribution in [-0.2, 0) is 4.79 Å². The van der Waals surface area contributed by atoms with Crippen LogP contribution >= 0.6 is 11.6 Å². The number of rotatable bonds is 4. The summed E-state index contributed by atoms with van der Waals surface area (Å²) < 4.78 is 16.6. The van der Waals surface area contributed by atoms with Crippen LogP contribution in [-0.4, -0.2) is 23.6 Å². The molecule has 8 heteroatoms. The molecule has 34 heavy (non-hydrogen) atoms. The van der Waals surface area contributed by atoms with Gasteiger partial charge < -0.3 is 19.0 Å². The lowest BCUT2D eigenvalue weighted by Crippen LogP contribution is -2.31. The van der Waals surface area contributed by atoms with Gasteiger partial charge in [0.2, 0.25) is 12.6 Å². The van der Waals surface area contributed by atoms with Gasteiger partial charge in [-0.15, -0.1) is 0 Å². The minimum Gasteiger partial charge on any atom is -0.503 e. The van der Waals surface area contributed by atoms with E-state index in [9.17, 15) is 14.7 Å². The first kappa shape index (κ1) is 20.4. The van der Waals surface area contributed by atoms with Gasteiger partial charge in [-0.2, -0.15) is 0 Å². The highest BCUT2D eigenvalue weighted by atomic mass is 35.5. The normalized spacial score (nSPS) is 17.1. The van der Waals surface area contributed by atoms with Crippen LogP contribution in [0.3, 0.4) is 0 Å². The number of anilines is 1. The molecule has 2 aliphatic heterocycles. The summed E-state index contributed by atoms with van der Waals surface area (Å²) in [5, 5.41) is 12.2. The number of aliphatic hydroxyl groups is 1. The zero-order valence-corrected chi connectivity index (χ0v) is 18.3. The van der Waals surface area contributed by atoms with Crippen molar-refractivity contribution < 1.29 is 28.6 Å². The van der Waals surface area contributed by atoms with Crippen molar-refractivity contribution in [2.45, 2.75) is 6.04 Å². The predicted molar refractivity (Wildman–Crippen MR) is 124 cm³/mol. The molecule has 4 aromatic rings. The number of fused-ring (bicyclic) bond motifs is 2. The highest BCUT2D eigenvalue weighted by molar-refractivity contribution is 6.30. The van der Waals surface area contributed by atoms with Gasteiger partial charge >= 0.3 is 0 Å². The molecular weight excluding hydrogens is 458 g/mol. The van der Waals surface area contributed by atoms with Gasteiger partial charge in [-0.25, -0.2) is 0 Å². The lowest BCUT2D eigenvalue weighted by molar-refractivity contribution is -0.117. The number of carbonyl (C=O) groups excluding carboxylic acids is 2. The fourth-order valence-corrected chi connectivity index (χ4v) is 4.45. The first-order valence-electron chi connectivity index (χ1n) is 10.5. The molecular formula is C26H16ClNO6. The third-order valence-corrected chi connectivity index (χ3v) is 6.17. The van der Waals surface area contributed by atoms with Crippen molar-refractivity contribution in [3.05, 3.63) is 100 Å². The summed E-state index contributed by atoms with van der Waals surface area (Å²) in [6.45, 7) is 0.0760. The van der Waals surface area contributed by atoms with Gasteiger partial charge in [0.05, 0.1) is 11.6 Å². The number of Topliss-reactive ketones (excluding diaryl/α,β-unsaturated/α-hetero) is 1. The number of para-hydroxylation sites is 1. The highest BCUT2D eigenvalue weighted by Crippen LogP contribution is 2.45. The number of nitrogens with zero attached hydrogens (tertiary/aromatic N) is 1. The molecule has 6 rings (SSSR count). The summed E-state index contributed by atoms with van der Waals surface area (Å²) in [5.41, 5.74) is 1.49. The zero-order valence-electron chi connectivity index (χ0n) is 17.5. The van der Waals surface area contributed by atoms with E-state index < -0.39 is 23.5 Å². The predicted octanol–water partition coefficient (Wildman–Crippen LogP) is 5.60. The smallest absolute Gasteiger partial charge is 0.294 e. The third kappa shape index (κ3) is 3.13. The van der Waals surface area contributed by atoms with Crippen molar-refractivity contribution in [2.75, 3.05) is 11.7 Å². The van der Waals surface area contributed by atoms with Gasteiger partial charge in [0.15, 0.2) is 23.0 Å². The largest absolute Gasteiger partial charge is 0.503 e. The lowest BCUT2D eigenvalue weighted by atomic mass is 9.94. The molecule has 0 fully saturated rings. The number of hydrogen-bond acceptors (Lipinski definition) is 6. The van der Waals surface area contributed by atoms with Crippen LogP contribution in [0.15, 0.2) is 88.5 Å². The molecule has 1 amide bonds. The molecule has 3 aromatic carbocycles. The van der Waals surface area contributed by atoms with Crippen molar-refractivity contribution >= 4 is 39.9 Å². The number of amides is 1. The number of aliphatic hydroxyl groups excluding tert-OH is 1. The molecule has 0 bridgehead atoms. The van der Waals surface area contributed by atoms with Gasteiger partial charge in [0.1, 0.15) is 5.58 Å². The average Bonchev–Trinajstić information content (AvgIpc) is 3.55. The van der Waals surface area contributed by atoms with Gasteiger partial charge in [0, 0.05) is 22.2 Å². The Labute approximate surface area is 198 Å². The Morgan fingerprint density at radius 3 is 2.53 bits per heavy atom. The zero-order chi connectivity index (χ0) is 23.4. The molecule has 2 aliphatic rings. The Hall–Kier alpha value is -4.23. The number of ketones is 1. The average molecular weight is 474 g/mol. The lowest BCUT2D eigenvalue weighted by Gasteiger charge is -2.27. The molecule has 7 nitrogen and oxygen atoms in total. The topological polar surface area (TPSA) is 89.2 Å². The maximum Gasteiger partial charge on any atom is 0.294 e. The van der Waals surface area contributed by atoms with Crippen LogP contribution in [0.1, 0.15) is 22.2 Å². The number of hydrogen-bond donors (Lipinski definition) is 1. The van der Waals surface area contributed by atoms with E-state index >= 15 is 0 Å². The number of benzene rings is 3. The Kier molecular flexibility index (Phi) is 4.60. The molecule has 1 unspecified atom stereocenters. The Balaban J connectivity index is 1.49. The number of carbonyl (C=O) groups is 2. The fraction of sp³-hybridized carbons (Fsp3) is 0.0769. The van der Waals surface area contributed by atoms with Crippen LogP contribution < -0.4 is 14.4 Å². The van der Waals surface area contributed by atoms with Gasteiger partial charge in [-0.05, 0) is 42.0 Å². The Morgan fingerprint density at radius 2 is 1.74 bits per heavy atom. The number of halogens is 1. The van der Waals surface area contributed by atoms with Crippen molar-refractivity contribution in [1.82, 2.24) is 0 Å². The molecule has 0 saturated heterocycles. The van der Waals surface area contributed by atoms with E-state index in [-0.39, 0.29) is 18.1 Å². The van der Waals surface area contributed by atoms with Gasteiger partial charge in [-0.3, -0.25) is 14.5 Å². The molecule has 0 aliphatic carbocycles. The van der Waals surface area contributed by atoms with Crippen LogP contribution in [0.2, 0.25) is 5.02 Å². The second kappa shape index (κ2) is 7.67. The molecule has 0 spiro atoms. The summed E-state index contributed by atoms with van der Waals surface area (Å²) in [5.74, 6) is -0.875. The highest BCUT2D eigenvalue weighted by Gasteiger charge is 2.45. The summed E-state index contributed by atoms with van der Waals surface area (Å²) in [6, 6.07) is 19.6. The van der Waals surface area contributed by atoms with E-state index in [1.54, 1.807) is 60.7 Å². The van der Waals surface area contributed by atoms with E-state index in [1.165, 1.54) is 4.90 Å². The molecule has 1 N–H and O–H groups in total. The van der Waals surface area contributed by atoms with Crippen molar-refractivity contribution in [3.8, 4) is 11.5 Å². The van der Waals surface area contributed by atoms with E-state index in [1.807, 2.05) is 12.1 Å². The maximum atomic E-state index is 13.6. The van der Waals surface area contributed by atoms with Crippen LogP contribution in [0.5, 0.6) is 11.5 Å². The minimum absolute atomic E-state index is 0.0297. The van der Waals surface area contributed by atoms with Crippen LogP contribution in [0, 0.1) is 0 Å². The van der Waals surface area contributed by atoms with Gasteiger partial charge in [-0.1, -0.05) is 41.9 Å². The van der Waals surface area contributed by atoms with Crippen LogP contribution in [0.4, 0.5) is 5.69 Å². The first-order valence-corrected chi connectivity index (χ1v) is 10.8. The number of furan rings is 1. The summed E-state index contributed by atoms with van der Waals surface area (Å²) in [4.78, 5) is 28.3. The SMILES string of the molecule is O=C(C1=C(O)C(=O)N(c2ccc3c(c2)OCO3)C1c1ccc(Cl)cc1)c1cc2ccccc2o1. The first-order chi connectivity index (χ1) is 16.5. The van der Waals surface area contributed by atoms with E-state index in [4.69, 9.17) is 25.5 Å². The standard InChI is InChI=1S/C26H16ClNO6/c27-16-7-5-14(6-8-16)23-22(24(29)21-11-15-3-1-2-4-18(15)34-21)25(30)26(31)28(23)17-9-10-19-20(12-17)33-13-32-19/h1-12,23,30H,13H2. The Bertz CT molecular complexity index is 1470. The monoisotopic (exact) mass is 473 g/mol. The van der Waals surface area contributed by atoms with E-state index in [0.717, 1.165) is 5.39 Å². The molecule has 0 saturated carbocycles. The van der Waals surface area contributed by atoms with E-state index in [0.29, 0.717) is 33.4 Å². The minimum atomic E-state index is -0.911. The van der Waals surface area contributed by atoms with Crippen molar-refractivity contribution in [3.63, 3.8) is 0 Å². The summed E-state index contributed by atoms with van der Waals surface area (Å²) in [6.07, 6.45) is 0. The summed E-state index contributed by atoms with van der Waals surface area (Å²) in [7, 11) is 0. The van der Waals surface area contributed by atoms with Crippen molar-refractivity contribution in [1.29, 1.82) is 0 Å².